The molecule has 0 aromatic carbocycles. The summed E-state index contributed by atoms with van der Waals surface area (Å²) < 4.78 is 0. The third-order valence-corrected chi connectivity index (χ3v) is 4.46. The topological polar surface area (TPSA) is 61.4 Å². The Labute approximate surface area is 111 Å². The summed E-state index contributed by atoms with van der Waals surface area (Å²) in [5.74, 6) is 0. The first-order valence-corrected chi connectivity index (χ1v) is 7.17. The molecule has 3 N–H and O–H groups in total. The summed E-state index contributed by atoms with van der Waals surface area (Å²) in [6.45, 7) is 2.62. The van der Waals surface area contributed by atoms with Gasteiger partial charge in [-0.25, -0.2) is 4.79 Å². The molecule has 18 heavy (non-hydrogen) atoms. The van der Waals surface area contributed by atoms with Crippen molar-refractivity contribution < 1.29 is 9.90 Å². The molecule has 0 unspecified atom stereocenters. The lowest BCUT2D eigenvalue weighted by Crippen LogP contribution is -2.52. The number of hydrogen-bond donors (Lipinski definition) is 3. The first-order valence-electron chi connectivity index (χ1n) is 6.36. The Kier molecular flexibility index (Phi) is 4.24. The van der Waals surface area contributed by atoms with Crippen molar-refractivity contribution in [2.24, 2.45) is 0 Å². The van der Waals surface area contributed by atoms with Crippen LogP contribution in [0, 0.1) is 6.92 Å². The maximum absolute atomic E-state index is 11.8. The maximum Gasteiger partial charge on any atom is 0.315 e. The number of aliphatic hydroxyl groups is 1. The lowest BCUT2D eigenvalue weighted by atomic mass is 9.99. The van der Waals surface area contributed by atoms with Crippen LogP contribution in [0.25, 0.3) is 0 Å². The van der Waals surface area contributed by atoms with E-state index in [4.69, 9.17) is 0 Å². The number of amides is 2. The van der Waals surface area contributed by atoms with E-state index >= 15 is 0 Å². The fourth-order valence-electron chi connectivity index (χ4n) is 2.41. The van der Waals surface area contributed by atoms with Gasteiger partial charge in [0.2, 0.25) is 0 Å². The first-order chi connectivity index (χ1) is 8.63. The van der Waals surface area contributed by atoms with Crippen LogP contribution in [0.15, 0.2) is 12.1 Å². The second-order valence-corrected chi connectivity index (χ2v) is 6.34. The summed E-state index contributed by atoms with van der Waals surface area (Å²) in [5.41, 5.74) is -0.393. The van der Waals surface area contributed by atoms with Gasteiger partial charge in [-0.2, -0.15) is 0 Å². The SMILES string of the molecule is Cc1ccc(CNC(=O)NC2(CO)CCCC2)s1. The zero-order chi connectivity index (χ0) is 13.0. The summed E-state index contributed by atoms with van der Waals surface area (Å²) in [6.07, 6.45) is 3.89. The maximum atomic E-state index is 11.8. The molecular formula is C13H20N2O2S. The second-order valence-electron chi connectivity index (χ2n) is 4.97. The second kappa shape index (κ2) is 5.71. The van der Waals surface area contributed by atoms with E-state index in [1.54, 1.807) is 11.3 Å². The van der Waals surface area contributed by atoms with Gasteiger partial charge in [-0.3, -0.25) is 0 Å². The number of nitrogens with one attached hydrogen (secondary N) is 2. The molecule has 1 fully saturated rings. The summed E-state index contributed by atoms with van der Waals surface area (Å²) in [6, 6.07) is 3.89. The van der Waals surface area contributed by atoms with E-state index in [0.717, 1.165) is 30.6 Å². The van der Waals surface area contributed by atoms with Gasteiger partial charge in [0, 0.05) is 9.75 Å². The number of rotatable bonds is 4. The predicted molar refractivity (Wildman–Crippen MR) is 72.7 cm³/mol. The normalized spacial score (nSPS) is 17.7. The Morgan fingerprint density at radius 2 is 2.17 bits per heavy atom. The van der Waals surface area contributed by atoms with E-state index in [1.807, 2.05) is 19.1 Å². The van der Waals surface area contributed by atoms with Crippen molar-refractivity contribution in [2.45, 2.75) is 44.7 Å². The highest BCUT2D eigenvalue weighted by molar-refractivity contribution is 7.11. The summed E-state index contributed by atoms with van der Waals surface area (Å²) in [4.78, 5) is 14.2. The highest BCUT2D eigenvalue weighted by atomic mass is 32.1. The molecule has 2 rings (SSSR count). The van der Waals surface area contributed by atoms with Crippen molar-refractivity contribution in [3.63, 3.8) is 0 Å². The quantitative estimate of drug-likeness (QED) is 0.783. The molecular weight excluding hydrogens is 248 g/mol. The Hall–Kier alpha value is -1.07. The van der Waals surface area contributed by atoms with Gasteiger partial charge in [0.05, 0.1) is 18.7 Å². The van der Waals surface area contributed by atoms with E-state index < -0.39 is 5.54 Å². The van der Waals surface area contributed by atoms with Crippen LogP contribution in [0.5, 0.6) is 0 Å². The average Bonchev–Trinajstić information content (AvgIpc) is 2.97. The van der Waals surface area contributed by atoms with Crippen molar-refractivity contribution in [2.75, 3.05) is 6.61 Å². The van der Waals surface area contributed by atoms with Crippen molar-refractivity contribution >= 4 is 17.4 Å². The number of aliphatic hydroxyl groups excluding tert-OH is 1. The Bertz CT molecular complexity index is 411. The molecule has 0 spiro atoms. The minimum Gasteiger partial charge on any atom is -0.394 e. The van der Waals surface area contributed by atoms with E-state index in [0.29, 0.717) is 6.54 Å². The summed E-state index contributed by atoms with van der Waals surface area (Å²) in [7, 11) is 0. The van der Waals surface area contributed by atoms with Gasteiger partial charge >= 0.3 is 6.03 Å². The Balaban J connectivity index is 1.81. The number of thiophene rings is 1. The molecule has 5 heteroatoms. The number of carbonyl (C=O) groups excluding carboxylic acids is 1. The van der Waals surface area contributed by atoms with Gasteiger partial charge in [-0.05, 0) is 31.9 Å². The minimum atomic E-state index is -0.393. The van der Waals surface area contributed by atoms with Gasteiger partial charge in [-0.1, -0.05) is 12.8 Å². The molecule has 1 aliphatic rings. The smallest absolute Gasteiger partial charge is 0.315 e. The van der Waals surface area contributed by atoms with Crippen LogP contribution in [-0.2, 0) is 6.54 Å². The Morgan fingerprint density at radius 3 is 2.72 bits per heavy atom. The summed E-state index contributed by atoms with van der Waals surface area (Å²) in [5, 5.41) is 15.2. The molecule has 1 aromatic heterocycles. The predicted octanol–water partition coefficient (Wildman–Crippen LogP) is 2.16. The van der Waals surface area contributed by atoms with Crippen LogP contribution in [0.3, 0.4) is 0 Å². The minimum absolute atomic E-state index is 0.0263. The zero-order valence-corrected chi connectivity index (χ0v) is 11.5. The highest BCUT2D eigenvalue weighted by Crippen LogP contribution is 2.28. The number of urea groups is 1. The van der Waals surface area contributed by atoms with Crippen LogP contribution >= 0.6 is 11.3 Å². The van der Waals surface area contributed by atoms with Crippen LogP contribution in [-0.4, -0.2) is 23.3 Å². The van der Waals surface area contributed by atoms with Gasteiger partial charge < -0.3 is 15.7 Å². The monoisotopic (exact) mass is 268 g/mol. The zero-order valence-electron chi connectivity index (χ0n) is 10.7. The van der Waals surface area contributed by atoms with Crippen molar-refractivity contribution in [1.82, 2.24) is 10.6 Å². The first kappa shape index (κ1) is 13.4. The fourth-order valence-corrected chi connectivity index (χ4v) is 3.24. The molecule has 100 valence electrons. The third-order valence-electron chi connectivity index (χ3n) is 3.46. The van der Waals surface area contributed by atoms with E-state index in [2.05, 4.69) is 10.6 Å². The van der Waals surface area contributed by atoms with E-state index in [9.17, 15) is 9.90 Å². The summed E-state index contributed by atoms with van der Waals surface area (Å²) >= 11 is 1.69. The fraction of sp³-hybridized carbons (Fsp3) is 0.615. The Morgan fingerprint density at radius 1 is 1.44 bits per heavy atom. The molecule has 0 radical (unpaired) electrons. The van der Waals surface area contributed by atoms with Crippen LogP contribution < -0.4 is 10.6 Å². The van der Waals surface area contributed by atoms with Crippen molar-refractivity contribution in [1.29, 1.82) is 0 Å². The molecule has 0 atom stereocenters. The van der Waals surface area contributed by atoms with Crippen LogP contribution in [0.1, 0.15) is 35.4 Å². The molecule has 0 aliphatic heterocycles. The highest BCUT2D eigenvalue weighted by Gasteiger charge is 2.34. The number of carbonyl (C=O) groups is 1. The molecule has 0 bridgehead atoms. The largest absolute Gasteiger partial charge is 0.394 e. The van der Waals surface area contributed by atoms with Crippen molar-refractivity contribution in [3.8, 4) is 0 Å². The molecule has 1 heterocycles. The van der Waals surface area contributed by atoms with Gasteiger partial charge in [0.15, 0.2) is 0 Å². The lowest BCUT2D eigenvalue weighted by Gasteiger charge is -2.27. The number of aryl methyl sites for hydroxylation is 1. The van der Waals surface area contributed by atoms with Gasteiger partial charge in [0.25, 0.3) is 0 Å². The van der Waals surface area contributed by atoms with Crippen LogP contribution in [0.2, 0.25) is 0 Å². The standard InChI is InChI=1S/C13H20N2O2S/c1-10-4-5-11(18-10)8-14-12(17)15-13(9-16)6-2-3-7-13/h4-5,16H,2-3,6-9H2,1H3,(H2,14,15,17). The molecule has 1 saturated carbocycles. The molecule has 4 nitrogen and oxygen atoms in total. The van der Waals surface area contributed by atoms with Crippen LogP contribution in [0.4, 0.5) is 4.79 Å². The van der Waals surface area contributed by atoms with E-state index in [-0.39, 0.29) is 12.6 Å². The number of hydrogen-bond acceptors (Lipinski definition) is 3. The molecule has 1 aliphatic carbocycles. The van der Waals surface area contributed by atoms with Gasteiger partial charge in [0.1, 0.15) is 0 Å². The lowest BCUT2D eigenvalue weighted by molar-refractivity contribution is 0.163. The average molecular weight is 268 g/mol. The third kappa shape index (κ3) is 3.23. The molecule has 1 aromatic rings. The molecule has 0 saturated heterocycles. The molecule has 2 amide bonds. The van der Waals surface area contributed by atoms with E-state index in [1.165, 1.54) is 4.88 Å². The van der Waals surface area contributed by atoms with Crippen molar-refractivity contribution in [3.05, 3.63) is 21.9 Å². The van der Waals surface area contributed by atoms with Gasteiger partial charge in [-0.15, -0.1) is 11.3 Å².